The van der Waals surface area contributed by atoms with Gasteiger partial charge in [-0.15, -0.1) is 12.4 Å². The molecule has 1 aliphatic rings. The van der Waals surface area contributed by atoms with Crippen molar-refractivity contribution in [3.63, 3.8) is 0 Å². The average Bonchev–Trinajstić information content (AvgIpc) is 3.23. The van der Waals surface area contributed by atoms with E-state index in [4.69, 9.17) is 0 Å². The summed E-state index contributed by atoms with van der Waals surface area (Å²) in [7, 11) is 1.89. The SMILES string of the molecule is CCc1c(C(=O)N(C)C2CCNC2)cnn1-c1ccc(Br)cc1.Cl. The lowest BCUT2D eigenvalue weighted by Crippen LogP contribution is -2.38. The Bertz CT molecular complexity index is 695. The fourth-order valence-electron chi connectivity index (χ4n) is 3.02. The fourth-order valence-corrected chi connectivity index (χ4v) is 3.29. The fraction of sp³-hybridized carbons (Fsp3) is 0.412. The Labute approximate surface area is 157 Å². The van der Waals surface area contributed by atoms with E-state index in [1.807, 2.05) is 40.9 Å². The van der Waals surface area contributed by atoms with Gasteiger partial charge < -0.3 is 10.2 Å². The van der Waals surface area contributed by atoms with Crippen LogP contribution in [0.25, 0.3) is 5.69 Å². The zero-order chi connectivity index (χ0) is 16.4. The first-order chi connectivity index (χ1) is 11.1. The van der Waals surface area contributed by atoms with E-state index < -0.39 is 0 Å². The van der Waals surface area contributed by atoms with Crippen LogP contribution < -0.4 is 5.32 Å². The summed E-state index contributed by atoms with van der Waals surface area (Å²) in [6.45, 7) is 3.89. The second kappa shape index (κ2) is 8.14. The van der Waals surface area contributed by atoms with Crippen LogP contribution in [0.3, 0.4) is 0 Å². The average molecular weight is 414 g/mol. The van der Waals surface area contributed by atoms with Crippen molar-refractivity contribution in [3.8, 4) is 5.69 Å². The number of benzene rings is 1. The molecule has 1 fully saturated rings. The minimum atomic E-state index is 0. The number of carbonyl (C=O) groups is 1. The normalized spacial score (nSPS) is 16.7. The van der Waals surface area contributed by atoms with Gasteiger partial charge in [-0.2, -0.15) is 5.10 Å². The Balaban J connectivity index is 0.00000208. The third-order valence-electron chi connectivity index (χ3n) is 4.41. The van der Waals surface area contributed by atoms with Gasteiger partial charge in [-0.25, -0.2) is 4.68 Å². The molecule has 1 aliphatic heterocycles. The number of nitrogens with zero attached hydrogens (tertiary/aromatic N) is 3. The highest BCUT2D eigenvalue weighted by Gasteiger charge is 2.27. The Kier molecular flexibility index (Phi) is 6.43. The number of likely N-dealkylation sites (N-methyl/N-ethyl adjacent to an activating group) is 1. The molecule has 0 saturated carbocycles. The van der Waals surface area contributed by atoms with E-state index >= 15 is 0 Å². The van der Waals surface area contributed by atoms with E-state index in [-0.39, 0.29) is 24.4 Å². The van der Waals surface area contributed by atoms with Crippen LogP contribution in [0.1, 0.15) is 29.4 Å². The van der Waals surface area contributed by atoms with Crippen LogP contribution in [0.4, 0.5) is 0 Å². The van der Waals surface area contributed by atoms with E-state index in [2.05, 4.69) is 33.3 Å². The van der Waals surface area contributed by atoms with Gasteiger partial charge in [0.2, 0.25) is 0 Å². The Morgan fingerprint density at radius 2 is 2.12 bits per heavy atom. The third-order valence-corrected chi connectivity index (χ3v) is 4.94. The quantitative estimate of drug-likeness (QED) is 0.838. The summed E-state index contributed by atoms with van der Waals surface area (Å²) < 4.78 is 2.89. The van der Waals surface area contributed by atoms with E-state index in [1.54, 1.807) is 6.20 Å². The van der Waals surface area contributed by atoms with E-state index in [0.29, 0.717) is 5.56 Å². The molecule has 2 aromatic rings. The predicted molar refractivity (Wildman–Crippen MR) is 101 cm³/mol. The number of hydrogen-bond acceptors (Lipinski definition) is 3. The van der Waals surface area contributed by atoms with Crippen molar-refractivity contribution < 1.29 is 4.79 Å². The maximum Gasteiger partial charge on any atom is 0.257 e. The number of aromatic nitrogens is 2. The highest BCUT2D eigenvalue weighted by Crippen LogP contribution is 2.20. The second-order valence-corrected chi connectivity index (χ2v) is 6.73. The van der Waals surface area contributed by atoms with Crippen LogP contribution in [0.15, 0.2) is 34.9 Å². The molecule has 1 atom stereocenters. The van der Waals surface area contributed by atoms with Crippen LogP contribution >= 0.6 is 28.3 Å². The number of amides is 1. The standard InChI is InChI=1S/C17H21BrN4O.ClH/c1-3-16-15(17(23)21(2)14-8-9-19-10-14)11-20-22(16)13-6-4-12(18)5-7-13;/h4-7,11,14,19H,3,8-10H2,1-2H3;1H. The summed E-state index contributed by atoms with van der Waals surface area (Å²) in [5.74, 6) is 0.0545. The Morgan fingerprint density at radius 3 is 2.71 bits per heavy atom. The maximum atomic E-state index is 12.8. The van der Waals surface area contributed by atoms with Gasteiger partial charge in [0.05, 0.1) is 23.1 Å². The van der Waals surface area contributed by atoms with Crippen molar-refractivity contribution in [2.45, 2.75) is 25.8 Å². The van der Waals surface area contributed by atoms with Gasteiger partial charge in [0.1, 0.15) is 0 Å². The smallest absolute Gasteiger partial charge is 0.257 e. The summed E-state index contributed by atoms with van der Waals surface area (Å²) in [6.07, 6.45) is 3.46. The van der Waals surface area contributed by atoms with Crippen LogP contribution in [0.5, 0.6) is 0 Å². The lowest BCUT2D eigenvalue weighted by Gasteiger charge is -2.23. The zero-order valence-electron chi connectivity index (χ0n) is 13.8. The molecule has 0 aliphatic carbocycles. The minimum absolute atomic E-state index is 0. The highest BCUT2D eigenvalue weighted by molar-refractivity contribution is 9.10. The van der Waals surface area contributed by atoms with Crippen LogP contribution in [0.2, 0.25) is 0 Å². The maximum absolute atomic E-state index is 12.8. The highest BCUT2D eigenvalue weighted by atomic mass is 79.9. The summed E-state index contributed by atoms with van der Waals surface area (Å²) in [5.41, 5.74) is 2.62. The number of hydrogen-bond donors (Lipinski definition) is 1. The molecule has 7 heteroatoms. The summed E-state index contributed by atoms with van der Waals surface area (Å²) in [5, 5.41) is 7.76. The van der Waals surface area contributed by atoms with Crippen molar-refractivity contribution in [3.05, 3.63) is 46.2 Å². The van der Waals surface area contributed by atoms with Crippen LogP contribution in [-0.2, 0) is 6.42 Å². The molecule has 2 heterocycles. The molecular formula is C17H22BrClN4O. The van der Waals surface area contributed by atoms with Gasteiger partial charge >= 0.3 is 0 Å². The van der Waals surface area contributed by atoms with Crippen LogP contribution in [0, 0.1) is 0 Å². The molecule has 5 nitrogen and oxygen atoms in total. The lowest BCUT2D eigenvalue weighted by molar-refractivity contribution is 0.0742. The minimum Gasteiger partial charge on any atom is -0.337 e. The first-order valence-electron chi connectivity index (χ1n) is 7.92. The summed E-state index contributed by atoms with van der Waals surface area (Å²) in [6, 6.07) is 8.22. The van der Waals surface area contributed by atoms with E-state index in [1.165, 1.54) is 0 Å². The number of rotatable bonds is 4. The number of carbonyl (C=O) groups excluding carboxylic acids is 1. The van der Waals surface area contributed by atoms with Gasteiger partial charge in [-0.1, -0.05) is 22.9 Å². The molecule has 1 amide bonds. The third kappa shape index (κ3) is 3.66. The molecule has 0 radical (unpaired) electrons. The van der Waals surface area contributed by atoms with Crippen LogP contribution in [-0.4, -0.2) is 46.8 Å². The molecule has 24 heavy (non-hydrogen) atoms. The molecule has 0 bridgehead atoms. The molecule has 1 saturated heterocycles. The Morgan fingerprint density at radius 1 is 1.42 bits per heavy atom. The largest absolute Gasteiger partial charge is 0.337 e. The number of nitrogens with one attached hydrogen (secondary N) is 1. The number of halogens is 2. The van der Waals surface area contributed by atoms with E-state index in [9.17, 15) is 4.79 Å². The molecule has 1 aromatic heterocycles. The summed E-state index contributed by atoms with van der Waals surface area (Å²) >= 11 is 3.44. The molecule has 0 spiro atoms. The molecule has 3 rings (SSSR count). The van der Waals surface area contributed by atoms with Gasteiger partial charge in [0.15, 0.2) is 0 Å². The van der Waals surface area contributed by atoms with Gasteiger partial charge in [0.25, 0.3) is 5.91 Å². The van der Waals surface area contributed by atoms with Crippen molar-refractivity contribution in [2.75, 3.05) is 20.1 Å². The Hall–Kier alpha value is -1.37. The molecule has 1 unspecified atom stereocenters. The van der Waals surface area contributed by atoms with Crippen molar-refractivity contribution in [2.24, 2.45) is 0 Å². The first-order valence-corrected chi connectivity index (χ1v) is 8.71. The van der Waals surface area contributed by atoms with Crippen molar-refractivity contribution >= 4 is 34.2 Å². The monoisotopic (exact) mass is 412 g/mol. The van der Waals surface area contributed by atoms with E-state index in [0.717, 1.165) is 41.8 Å². The molecule has 1 aromatic carbocycles. The molecule has 130 valence electrons. The van der Waals surface area contributed by atoms with Crippen molar-refractivity contribution in [1.82, 2.24) is 20.0 Å². The van der Waals surface area contributed by atoms with Gasteiger partial charge in [-0.3, -0.25) is 4.79 Å². The van der Waals surface area contributed by atoms with Crippen molar-refractivity contribution in [1.29, 1.82) is 0 Å². The predicted octanol–water partition coefficient (Wildman–Crippen LogP) is 3.05. The summed E-state index contributed by atoms with van der Waals surface area (Å²) in [4.78, 5) is 14.7. The van der Waals surface area contributed by atoms with Gasteiger partial charge in [0, 0.05) is 24.1 Å². The van der Waals surface area contributed by atoms with Gasteiger partial charge in [-0.05, 0) is 43.7 Å². The zero-order valence-corrected chi connectivity index (χ0v) is 16.2. The molecular weight excluding hydrogens is 392 g/mol. The topological polar surface area (TPSA) is 50.2 Å². The lowest BCUT2D eigenvalue weighted by atomic mass is 10.1. The first kappa shape index (κ1) is 19.0. The second-order valence-electron chi connectivity index (χ2n) is 5.81. The molecule has 1 N–H and O–H groups in total.